The van der Waals surface area contributed by atoms with Crippen molar-refractivity contribution in [2.24, 2.45) is 5.41 Å². The van der Waals surface area contributed by atoms with E-state index in [1.54, 1.807) is 16.7 Å². The predicted octanol–water partition coefficient (Wildman–Crippen LogP) is 2.68. The van der Waals surface area contributed by atoms with Gasteiger partial charge in [-0.1, -0.05) is 4.49 Å². The molecule has 0 aromatic carbocycles. The maximum Gasteiger partial charge on any atom is 0.275 e. The van der Waals surface area contributed by atoms with E-state index in [0.29, 0.717) is 19.5 Å². The third kappa shape index (κ3) is 3.14. The quantitative estimate of drug-likeness (QED) is 0.794. The number of likely N-dealkylation sites (tertiary alicyclic amines) is 2. The molecule has 2 aromatic rings. The molecule has 2 saturated heterocycles. The van der Waals surface area contributed by atoms with Crippen LogP contribution in [-0.2, 0) is 6.54 Å². The molecule has 2 aliphatic heterocycles. The Bertz CT molecular complexity index is 796. The molecule has 2 fully saturated rings. The Morgan fingerprint density at radius 3 is 2.81 bits per heavy atom. The van der Waals surface area contributed by atoms with Crippen molar-refractivity contribution in [3.8, 4) is 0 Å². The molecular formula is C16H19F2N5OS2. The third-order valence-electron chi connectivity index (χ3n) is 5.32. The Hall–Kier alpha value is -1.52. The van der Waals surface area contributed by atoms with E-state index in [9.17, 15) is 13.6 Å². The molecule has 2 aromatic heterocycles. The summed E-state index contributed by atoms with van der Waals surface area (Å²) >= 11 is 2.65. The second kappa shape index (κ2) is 6.58. The number of aromatic nitrogens is 3. The fraction of sp³-hybridized carbons (Fsp3) is 0.625. The second-order valence-corrected chi connectivity index (χ2v) is 8.74. The van der Waals surface area contributed by atoms with E-state index in [-0.39, 0.29) is 37.7 Å². The molecule has 1 atom stereocenters. The van der Waals surface area contributed by atoms with Gasteiger partial charge in [0.15, 0.2) is 5.69 Å². The fourth-order valence-corrected chi connectivity index (χ4v) is 4.96. The van der Waals surface area contributed by atoms with Gasteiger partial charge in [-0.15, -0.1) is 16.4 Å². The van der Waals surface area contributed by atoms with Crippen molar-refractivity contribution >= 4 is 28.8 Å². The Labute approximate surface area is 158 Å². The molecule has 0 radical (unpaired) electrons. The summed E-state index contributed by atoms with van der Waals surface area (Å²) in [5.41, 5.74) is -0.0385. The van der Waals surface area contributed by atoms with Crippen molar-refractivity contribution in [3.63, 3.8) is 0 Å². The van der Waals surface area contributed by atoms with Gasteiger partial charge in [0, 0.05) is 43.4 Å². The van der Waals surface area contributed by atoms with Crippen LogP contribution in [0.25, 0.3) is 0 Å². The summed E-state index contributed by atoms with van der Waals surface area (Å²) in [5.74, 6) is -3.08. The standard InChI is InChI=1S/C16H19F2N5OS2/c1-11-19-12(7-25-11)6-22-4-2-15(9-22)10-23(5-3-16(15,17)18)14(24)13-8-26-21-20-13/h7-8H,2-6,9-10H2,1H3. The summed E-state index contributed by atoms with van der Waals surface area (Å²) < 4.78 is 33.4. The van der Waals surface area contributed by atoms with Crippen LogP contribution in [-0.4, -0.2) is 62.4 Å². The number of nitrogens with zero attached hydrogens (tertiary/aromatic N) is 5. The van der Waals surface area contributed by atoms with E-state index in [2.05, 4.69) is 14.6 Å². The smallest absolute Gasteiger partial charge is 0.275 e. The van der Waals surface area contributed by atoms with Gasteiger partial charge in [-0.2, -0.15) is 0 Å². The lowest BCUT2D eigenvalue weighted by atomic mass is 9.75. The van der Waals surface area contributed by atoms with E-state index in [0.717, 1.165) is 22.2 Å². The predicted molar refractivity (Wildman–Crippen MR) is 94.6 cm³/mol. The topological polar surface area (TPSA) is 62.2 Å². The van der Waals surface area contributed by atoms with Crippen molar-refractivity contribution in [1.29, 1.82) is 0 Å². The van der Waals surface area contributed by atoms with Crippen LogP contribution < -0.4 is 0 Å². The number of piperidine rings is 1. The average Bonchev–Trinajstić information content (AvgIpc) is 3.33. The molecule has 0 saturated carbocycles. The molecule has 2 aliphatic rings. The first-order valence-electron chi connectivity index (χ1n) is 8.46. The number of hydrogen-bond donors (Lipinski definition) is 0. The van der Waals surface area contributed by atoms with Crippen LogP contribution in [0.5, 0.6) is 0 Å². The van der Waals surface area contributed by atoms with Gasteiger partial charge in [-0.25, -0.2) is 13.8 Å². The normalized spacial score (nSPS) is 25.9. The molecule has 1 spiro atoms. The molecule has 26 heavy (non-hydrogen) atoms. The number of halogens is 2. The van der Waals surface area contributed by atoms with Crippen molar-refractivity contribution in [1.82, 2.24) is 24.4 Å². The number of alkyl halides is 2. The summed E-state index contributed by atoms with van der Waals surface area (Å²) in [4.78, 5) is 20.5. The molecule has 0 bridgehead atoms. The minimum atomic E-state index is -2.78. The minimum Gasteiger partial charge on any atom is -0.336 e. The summed E-state index contributed by atoms with van der Waals surface area (Å²) in [7, 11) is 0. The first kappa shape index (κ1) is 17.9. The van der Waals surface area contributed by atoms with Gasteiger partial charge < -0.3 is 4.90 Å². The highest BCUT2D eigenvalue weighted by Gasteiger charge is 2.59. The van der Waals surface area contributed by atoms with Crippen molar-refractivity contribution in [2.45, 2.75) is 32.2 Å². The van der Waals surface area contributed by atoms with Crippen LogP contribution in [0.4, 0.5) is 8.78 Å². The van der Waals surface area contributed by atoms with Crippen LogP contribution in [0.15, 0.2) is 10.8 Å². The van der Waals surface area contributed by atoms with E-state index < -0.39 is 11.3 Å². The Morgan fingerprint density at radius 1 is 1.27 bits per heavy atom. The lowest BCUT2D eigenvalue weighted by Crippen LogP contribution is -2.58. The van der Waals surface area contributed by atoms with Crippen LogP contribution in [0.1, 0.15) is 34.0 Å². The Balaban J connectivity index is 1.50. The number of carbonyl (C=O) groups excluding carboxylic acids is 1. The van der Waals surface area contributed by atoms with E-state index in [1.807, 2.05) is 17.2 Å². The van der Waals surface area contributed by atoms with Crippen molar-refractivity contribution in [3.05, 3.63) is 27.2 Å². The number of carbonyl (C=O) groups is 1. The summed E-state index contributed by atoms with van der Waals surface area (Å²) in [6.07, 6.45) is 0.0716. The molecule has 6 nitrogen and oxygen atoms in total. The zero-order valence-electron chi connectivity index (χ0n) is 14.3. The zero-order valence-corrected chi connectivity index (χ0v) is 16.0. The third-order valence-corrected chi connectivity index (χ3v) is 6.64. The minimum absolute atomic E-state index is 0.0520. The maximum atomic E-state index is 14.9. The van der Waals surface area contributed by atoms with Gasteiger partial charge in [0.05, 0.1) is 16.1 Å². The van der Waals surface area contributed by atoms with Crippen LogP contribution in [0, 0.1) is 12.3 Å². The monoisotopic (exact) mass is 399 g/mol. The highest BCUT2D eigenvalue weighted by molar-refractivity contribution is 7.09. The van der Waals surface area contributed by atoms with Gasteiger partial charge in [0.25, 0.3) is 11.8 Å². The number of rotatable bonds is 3. The number of amides is 1. The van der Waals surface area contributed by atoms with Crippen molar-refractivity contribution in [2.75, 3.05) is 26.2 Å². The van der Waals surface area contributed by atoms with Gasteiger partial charge in [-0.05, 0) is 31.4 Å². The van der Waals surface area contributed by atoms with Gasteiger partial charge in [0.2, 0.25) is 0 Å². The van der Waals surface area contributed by atoms with Gasteiger partial charge >= 0.3 is 0 Å². The molecule has 0 aliphatic carbocycles. The average molecular weight is 399 g/mol. The molecule has 140 valence electrons. The SMILES string of the molecule is Cc1nc(CN2CCC3(C2)CN(C(=O)c2csnn2)CCC3(F)F)cs1. The Morgan fingerprint density at radius 2 is 2.12 bits per heavy atom. The highest BCUT2D eigenvalue weighted by atomic mass is 32.1. The first-order chi connectivity index (χ1) is 12.4. The molecule has 10 heteroatoms. The first-order valence-corrected chi connectivity index (χ1v) is 10.2. The summed E-state index contributed by atoms with van der Waals surface area (Å²) in [5, 5.41) is 8.30. The van der Waals surface area contributed by atoms with Gasteiger partial charge in [0.1, 0.15) is 0 Å². The molecule has 1 amide bonds. The molecule has 4 rings (SSSR count). The maximum absolute atomic E-state index is 14.9. The molecule has 4 heterocycles. The number of thiazole rings is 1. The molecule has 1 unspecified atom stereocenters. The fourth-order valence-electron chi connectivity index (χ4n) is 3.92. The van der Waals surface area contributed by atoms with Crippen LogP contribution >= 0.6 is 22.9 Å². The number of hydrogen-bond acceptors (Lipinski definition) is 7. The van der Waals surface area contributed by atoms with Crippen LogP contribution in [0.3, 0.4) is 0 Å². The lowest BCUT2D eigenvalue weighted by Gasteiger charge is -2.45. The summed E-state index contributed by atoms with van der Waals surface area (Å²) in [6, 6.07) is 0. The van der Waals surface area contributed by atoms with E-state index in [4.69, 9.17) is 0 Å². The Kier molecular flexibility index (Phi) is 4.52. The molecular weight excluding hydrogens is 380 g/mol. The second-order valence-electron chi connectivity index (χ2n) is 7.07. The van der Waals surface area contributed by atoms with E-state index in [1.165, 1.54) is 4.90 Å². The van der Waals surface area contributed by atoms with Crippen LogP contribution in [0.2, 0.25) is 0 Å². The lowest BCUT2D eigenvalue weighted by molar-refractivity contribution is -0.155. The molecule has 0 N–H and O–H groups in total. The highest BCUT2D eigenvalue weighted by Crippen LogP contribution is 2.49. The van der Waals surface area contributed by atoms with Crippen molar-refractivity contribution < 1.29 is 13.6 Å². The summed E-state index contributed by atoms with van der Waals surface area (Å²) in [6.45, 7) is 3.49. The largest absolute Gasteiger partial charge is 0.336 e. The van der Waals surface area contributed by atoms with Gasteiger partial charge in [-0.3, -0.25) is 9.69 Å². The van der Waals surface area contributed by atoms with E-state index >= 15 is 0 Å². The number of aryl methyl sites for hydroxylation is 1. The zero-order chi connectivity index (χ0) is 18.4.